The van der Waals surface area contributed by atoms with Gasteiger partial charge in [-0.3, -0.25) is 18.7 Å². The fourth-order valence-corrected chi connectivity index (χ4v) is 3.39. The molecule has 1 aromatic heterocycles. The molecule has 0 atom stereocenters. The molecule has 0 spiro atoms. The number of esters is 1. The van der Waals surface area contributed by atoms with E-state index < -0.39 is 11.9 Å². The number of hydrogen-bond acceptors (Lipinski definition) is 5. The fourth-order valence-electron chi connectivity index (χ4n) is 3.39. The van der Waals surface area contributed by atoms with Gasteiger partial charge in [-0.1, -0.05) is 0 Å². The van der Waals surface area contributed by atoms with Crippen LogP contribution in [0, 0.1) is 0 Å². The lowest BCUT2D eigenvalue weighted by Crippen LogP contribution is -2.23. The number of carbonyl (C=O) groups excluding carboxylic acids is 2. The average Bonchev–Trinajstić information content (AvgIpc) is 3.19. The van der Waals surface area contributed by atoms with Gasteiger partial charge in [0.1, 0.15) is 6.42 Å². The lowest BCUT2D eigenvalue weighted by Gasteiger charge is -2.22. The van der Waals surface area contributed by atoms with Gasteiger partial charge in [0.2, 0.25) is 5.91 Å². The van der Waals surface area contributed by atoms with Gasteiger partial charge in [-0.05, 0) is 31.9 Å². The van der Waals surface area contributed by atoms with Crippen LogP contribution in [0.2, 0.25) is 0 Å². The van der Waals surface area contributed by atoms with Gasteiger partial charge in [-0.2, -0.15) is 0 Å². The summed E-state index contributed by atoms with van der Waals surface area (Å²) < 4.78 is 7.97. The van der Waals surface area contributed by atoms with E-state index in [9.17, 15) is 14.4 Å². The van der Waals surface area contributed by atoms with Gasteiger partial charge in [0.05, 0.1) is 29.0 Å². The second-order valence-corrected chi connectivity index (χ2v) is 6.48. The Hall–Kier alpha value is -2.77. The standard InChI is InChI=1S/C18H24N4O4/c1-4-26-17(24)11-16(23)19-12-9-14-15(21(3)18(25)20(14)2)10-13(12)22-7-5-6-8-22/h9-10H,4-8,11H2,1-3H3,(H,19,23). The van der Waals surface area contributed by atoms with E-state index in [2.05, 4.69) is 10.2 Å². The quantitative estimate of drug-likeness (QED) is 0.643. The van der Waals surface area contributed by atoms with Gasteiger partial charge in [-0.15, -0.1) is 0 Å². The minimum Gasteiger partial charge on any atom is -0.466 e. The Bertz CT molecular complexity index is 906. The Balaban J connectivity index is 2.00. The summed E-state index contributed by atoms with van der Waals surface area (Å²) in [5.41, 5.74) is 2.89. The van der Waals surface area contributed by atoms with Crippen LogP contribution in [0.4, 0.5) is 11.4 Å². The van der Waals surface area contributed by atoms with Crippen molar-refractivity contribution >= 4 is 34.3 Å². The number of benzene rings is 1. The van der Waals surface area contributed by atoms with Crippen molar-refractivity contribution in [2.45, 2.75) is 26.2 Å². The van der Waals surface area contributed by atoms with Crippen molar-refractivity contribution in [1.29, 1.82) is 0 Å². The number of aromatic nitrogens is 2. The number of aryl methyl sites for hydroxylation is 2. The average molecular weight is 360 g/mol. The molecule has 0 aliphatic carbocycles. The molecule has 1 aliphatic heterocycles. The molecule has 1 saturated heterocycles. The first-order chi connectivity index (χ1) is 12.4. The van der Waals surface area contributed by atoms with E-state index in [1.54, 1.807) is 36.2 Å². The monoisotopic (exact) mass is 360 g/mol. The highest BCUT2D eigenvalue weighted by atomic mass is 16.5. The summed E-state index contributed by atoms with van der Waals surface area (Å²) in [5.74, 6) is -0.981. The molecule has 1 fully saturated rings. The lowest BCUT2D eigenvalue weighted by molar-refractivity contribution is -0.145. The van der Waals surface area contributed by atoms with E-state index in [0.717, 1.165) is 42.7 Å². The summed E-state index contributed by atoms with van der Waals surface area (Å²) in [7, 11) is 3.43. The third-order valence-corrected chi connectivity index (χ3v) is 4.72. The molecule has 3 rings (SSSR count). The van der Waals surface area contributed by atoms with Crippen LogP contribution in [-0.2, 0) is 28.4 Å². The number of imidazole rings is 1. The highest BCUT2D eigenvalue weighted by Crippen LogP contribution is 2.33. The molecule has 0 saturated carbocycles. The van der Waals surface area contributed by atoms with Crippen LogP contribution in [0.5, 0.6) is 0 Å². The molecule has 2 heterocycles. The molecule has 2 aromatic rings. The molecule has 8 heteroatoms. The van der Waals surface area contributed by atoms with Crippen molar-refractivity contribution in [2.24, 2.45) is 14.1 Å². The van der Waals surface area contributed by atoms with E-state index in [0.29, 0.717) is 5.69 Å². The van der Waals surface area contributed by atoms with Crippen LogP contribution in [-0.4, -0.2) is 40.7 Å². The van der Waals surface area contributed by atoms with Crippen LogP contribution in [0.1, 0.15) is 26.2 Å². The van der Waals surface area contributed by atoms with Gasteiger partial charge in [0.15, 0.2) is 0 Å². The number of anilines is 2. The third kappa shape index (κ3) is 3.31. The SMILES string of the molecule is CCOC(=O)CC(=O)Nc1cc2c(cc1N1CCCC1)n(C)c(=O)n2C. The summed E-state index contributed by atoms with van der Waals surface area (Å²) >= 11 is 0. The fraction of sp³-hybridized carbons (Fsp3) is 0.500. The van der Waals surface area contributed by atoms with Crippen molar-refractivity contribution < 1.29 is 14.3 Å². The zero-order valence-electron chi connectivity index (χ0n) is 15.4. The molecular weight excluding hydrogens is 336 g/mol. The molecule has 1 N–H and O–H groups in total. The van der Waals surface area contributed by atoms with E-state index in [4.69, 9.17) is 4.74 Å². The number of nitrogens with one attached hydrogen (secondary N) is 1. The van der Waals surface area contributed by atoms with Crippen LogP contribution < -0.4 is 15.9 Å². The zero-order chi connectivity index (χ0) is 18.8. The Kier molecular flexibility index (Phi) is 5.01. The van der Waals surface area contributed by atoms with E-state index in [1.807, 2.05) is 6.07 Å². The Morgan fingerprint density at radius 3 is 2.35 bits per heavy atom. The number of hydrogen-bond donors (Lipinski definition) is 1. The molecule has 1 aliphatic rings. The van der Waals surface area contributed by atoms with E-state index in [-0.39, 0.29) is 18.7 Å². The van der Waals surface area contributed by atoms with Crippen LogP contribution in [0.25, 0.3) is 11.0 Å². The molecule has 0 unspecified atom stereocenters. The molecule has 0 radical (unpaired) electrons. The van der Waals surface area contributed by atoms with Crippen LogP contribution in [0.3, 0.4) is 0 Å². The first-order valence-corrected chi connectivity index (χ1v) is 8.82. The largest absolute Gasteiger partial charge is 0.466 e. The summed E-state index contributed by atoms with van der Waals surface area (Å²) in [4.78, 5) is 38.2. The van der Waals surface area contributed by atoms with Gasteiger partial charge < -0.3 is 15.0 Å². The number of carbonyl (C=O) groups is 2. The predicted octanol–water partition coefficient (Wildman–Crippen LogP) is 1.37. The Morgan fingerprint density at radius 1 is 1.12 bits per heavy atom. The minimum atomic E-state index is -0.555. The Labute approximate surface area is 151 Å². The molecule has 1 aromatic carbocycles. The molecule has 1 amide bonds. The van der Waals surface area contributed by atoms with Crippen molar-refractivity contribution in [3.8, 4) is 0 Å². The zero-order valence-corrected chi connectivity index (χ0v) is 15.4. The van der Waals surface area contributed by atoms with Crippen LogP contribution >= 0.6 is 0 Å². The van der Waals surface area contributed by atoms with Crippen molar-refractivity contribution in [3.05, 3.63) is 22.6 Å². The second-order valence-electron chi connectivity index (χ2n) is 6.48. The summed E-state index contributed by atoms with van der Waals surface area (Å²) in [6.45, 7) is 3.73. The molecule has 26 heavy (non-hydrogen) atoms. The van der Waals surface area contributed by atoms with Crippen LogP contribution in [0.15, 0.2) is 16.9 Å². The highest BCUT2D eigenvalue weighted by molar-refractivity contribution is 6.05. The summed E-state index contributed by atoms with van der Waals surface area (Å²) in [5, 5.41) is 2.82. The molecular formula is C18H24N4O4. The summed E-state index contributed by atoms with van der Waals surface area (Å²) in [6.07, 6.45) is 1.84. The van der Waals surface area contributed by atoms with Crippen molar-refractivity contribution in [2.75, 3.05) is 29.9 Å². The Morgan fingerprint density at radius 2 is 1.73 bits per heavy atom. The first kappa shape index (κ1) is 18.0. The van der Waals surface area contributed by atoms with Crippen molar-refractivity contribution in [3.63, 3.8) is 0 Å². The molecule has 0 bridgehead atoms. The van der Waals surface area contributed by atoms with Gasteiger partial charge in [0.25, 0.3) is 0 Å². The normalized spacial score (nSPS) is 14.0. The second kappa shape index (κ2) is 7.23. The number of ether oxygens (including phenoxy) is 1. The van der Waals surface area contributed by atoms with Gasteiger partial charge in [-0.25, -0.2) is 4.79 Å². The van der Waals surface area contributed by atoms with E-state index >= 15 is 0 Å². The highest BCUT2D eigenvalue weighted by Gasteiger charge is 2.21. The number of nitrogens with zero attached hydrogens (tertiary/aromatic N) is 3. The van der Waals surface area contributed by atoms with Gasteiger partial charge in [0, 0.05) is 27.2 Å². The number of amides is 1. The number of rotatable bonds is 5. The molecule has 140 valence electrons. The predicted molar refractivity (Wildman–Crippen MR) is 99.5 cm³/mol. The van der Waals surface area contributed by atoms with Gasteiger partial charge >= 0.3 is 11.7 Å². The topological polar surface area (TPSA) is 85.6 Å². The summed E-state index contributed by atoms with van der Waals surface area (Å²) in [6, 6.07) is 3.73. The van der Waals surface area contributed by atoms with Crippen molar-refractivity contribution in [1.82, 2.24) is 9.13 Å². The third-order valence-electron chi connectivity index (χ3n) is 4.72. The molecule has 8 nitrogen and oxygen atoms in total. The lowest BCUT2D eigenvalue weighted by atomic mass is 10.2. The minimum absolute atomic E-state index is 0.123. The first-order valence-electron chi connectivity index (χ1n) is 8.82. The maximum Gasteiger partial charge on any atom is 0.328 e. The smallest absolute Gasteiger partial charge is 0.328 e. The maximum atomic E-state index is 12.3. The number of fused-ring (bicyclic) bond motifs is 1. The maximum absolute atomic E-state index is 12.3. The van der Waals surface area contributed by atoms with E-state index in [1.165, 1.54) is 0 Å².